The average Bonchev–Trinajstić information content (AvgIpc) is 0.695. The summed E-state index contributed by atoms with van der Waals surface area (Å²) in [5.41, 5.74) is -3.74. The highest BCUT2D eigenvalue weighted by atomic mass is 16.5. The number of hydrogen-bond acceptors (Lipinski definition) is 30. The number of aliphatic hydroxyl groups excluding tert-OH is 3. The zero-order valence-corrected chi connectivity index (χ0v) is 52.5. The second kappa shape index (κ2) is 23.6. The van der Waals surface area contributed by atoms with Crippen molar-refractivity contribution in [1.29, 1.82) is 0 Å². The smallest absolute Gasteiger partial charge is 0.200 e. The van der Waals surface area contributed by atoms with Crippen LogP contribution in [-0.2, 0) is 6.42 Å². The van der Waals surface area contributed by atoms with E-state index in [0.29, 0.717) is 0 Å². The van der Waals surface area contributed by atoms with E-state index in [0.717, 1.165) is 72.8 Å². The number of fused-ring (bicyclic) bond motifs is 6. The number of phenolic OH excluding ortho intramolecular Hbond substituents is 21. The minimum atomic E-state index is -2.16. The first-order valence-corrected chi connectivity index (χ1v) is 31.7. The molecular formula is C72H62O30. The lowest BCUT2D eigenvalue weighted by atomic mass is 9.72. The molecule has 9 aromatic carbocycles. The minimum absolute atomic E-state index is 0.0206. The van der Waals surface area contributed by atoms with Gasteiger partial charge in [-0.05, 0) is 55.7 Å². The molecule has 6 aliphatic rings. The van der Waals surface area contributed by atoms with Gasteiger partial charge in [0.15, 0.2) is 70.1 Å². The molecular weight excluding hydrogens is 1340 g/mol. The maximum atomic E-state index is 13.1. The number of benzene rings is 9. The molecule has 0 bridgehead atoms. The summed E-state index contributed by atoms with van der Waals surface area (Å²) in [4.78, 5) is 0. The quantitative estimate of drug-likeness (QED) is 0.0653. The van der Waals surface area contributed by atoms with E-state index in [9.17, 15) is 123 Å². The van der Waals surface area contributed by atoms with Crippen molar-refractivity contribution in [3.8, 4) is 155 Å². The van der Waals surface area contributed by atoms with E-state index in [-0.39, 0.29) is 112 Å². The standard InChI is InChI=1S/C72H62O30/c73-24-13-30(75)48-25(1-4-97-47(48)14-24)52-34(79)19-38(83)56-58(63(95)66(101-71(52)56)22-9-42(87)61(93)43(88)10-22)55-37(82)18-33(78)51-27(3-6-99-70(51)55)53-35(80)20-39(84)57-59(64(96)67(102-72(53)57)23-11-44(89)62(94)45(90)12-23)54-36(81)17-32(77)50-26(2-5-98-69(50)54)49-31(76)16-29(74)28-15-46(91)65(100-68(28)49)21-7-40(85)60(92)41(86)8-21/h7-14,16-20,25-27,46,58-59,63-67,73-96H,1-6,15H2/t25-,26+,27-,46-,58-,59-,63-,64-,65-,66-,67-/m1/s1. The Morgan fingerprint density at radius 1 is 0.265 bits per heavy atom. The van der Waals surface area contributed by atoms with Crippen LogP contribution in [0, 0.1) is 0 Å². The number of ether oxygens (including phenoxy) is 6. The summed E-state index contributed by atoms with van der Waals surface area (Å²) in [6, 6.07) is 12.1. The van der Waals surface area contributed by atoms with Crippen molar-refractivity contribution in [3.05, 3.63) is 157 Å². The molecule has 0 unspecified atom stereocenters. The van der Waals surface area contributed by atoms with Crippen LogP contribution in [0.15, 0.2) is 78.9 Å². The highest BCUT2D eigenvalue weighted by molar-refractivity contribution is 5.75. The fourth-order valence-electron chi connectivity index (χ4n) is 15.8. The van der Waals surface area contributed by atoms with Crippen LogP contribution in [-0.4, -0.2) is 161 Å². The van der Waals surface area contributed by atoms with Gasteiger partial charge in [-0.3, -0.25) is 0 Å². The lowest BCUT2D eigenvalue weighted by molar-refractivity contribution is 0.00466. The predicted molar refractivity (Wildman–Crippen MR) is 344 cm³/mol. The molecule has 30 heteroatoms. The van der Waals surface area contributed by atoms with Crippen molar-refractivity contribution in [2.24, 2.45) is 0 Å². The molecule has 6 aliphatic heterocycles. The van der Waals surface area contributed by atoms with Crippen molar-refractivity contribution in [3.63, 3.8) is 0 Å². The number of aromatic hydroxyl groups is 21. The van der Waals surface area contributed by atoms with Gasteiger partial charge in [0, 0.05) is 145 Å². The van der Waals surface area contributed by atoms with E-state index in [1.165, 1.54) is 6.07 Å². The van der Waals surface area contributed by atoms with E-state index >= 15 is 0 Å². The molecule has 24 N–H and O–H groups in total. The van der Waals surface area contributed by atoms with E-state index in [1.54, 1.807) is 0 Å². The highest BCUT2D eigenvalue weighted by Gasteiger charge is 2.52. The molecule has 9 aromatic rings. The summed E-state index contributed by atoms with van der Waals surface area (Å²) < 4.78 is 38.2. The Hall–Kier alpha value is -12.5. The third-order valence-corrected chi connectivity index (χ3v) is 20.1. The monoisotopic (exact) mass is 1410 g/mol. The van der Waals surface area contributed by atoms with Gasteiger partial charge in [-0.1, -0.05) is 0 Å². The van der Waals surface area contributed by atoms with Gasteiger partial charge < -0.3 is 151 Å². The molecule has 0 spiro atoms. The number of rotatable bonds is 8. The number of aliphatic hydroxyl groups is 3. The molecule has 0 fully saturated rings. The fraction of sp³-hybridized carbons (Fsp3) is 0.250. The van der Waals surface area contributed by atoms with Crippen molar-refractivity contribution in [2.45, 2.75) is 91.9 Å². The summed E-state index contributed by atoms with van der Waals surface area (Å²) in [6.07, 6.45) is -11.9. The Morgan fingerprint density at radius 2 is 0.559 bits per heavy atom. The van der Waals surface area contributed by atoms with Crippen LogP contribution in [0.2, 0.25) is 0 Å². The summed E-state index contributed by atoms with van der Waals surface area (Å²) in [5, 5.41) is 277. The first-order valence-electron chi connectivity index (χ1n) is 31.7. The van der Waals surface area contributed by atoms with Gasteiger partial charge >= 0.3 is 0 Å². The number of phenols is 21. The van der Waals surface area contributed by atoms with Crippen LogP contribution in [0.3, 0.4) is 0 Å². The molecule has 6 heterocycles. The molecule has 530 valence electrons. The third-order valence-electron chi connectivity index (χ3n) is 20.1. The van der Waals surface area contributed by atoms with Crippen molar-refractivity contribution < 1.29 is 151 Å². The second-order valence-corrected chi connectivity index (χ2v) is 25.9. The topological polar surface area (TPSA) is 541 Å². The Balaban J connectivity index is 0.926. The maximum Gasteiger partial charge on any atom is 0.200 e. The third kappa shape index (κ3) is 9.86. The van der Waals surface area contributed by atoms with Crippen molar-refractivity contribution in [1.82, 2.24) is 0 Å². The van der Waals surface area contributed by atoms with E-state index in [1.807, 2.05) is 0 Å². The van der Waals surface area contributed by atoms with Gasteiger partial charge in [-0.2, -0.15) is 0 Å². The largest absolute Gasteiger partial charge is 0.508 e. The van der Waals surface area contributed by atoms with E-state index in [2.05, 4.69) is 0 Å². The van der Waals surface area contributed by atoms with Gasteiger partial charge in [-0.25, -0.2) is 0 Å². The van der Waals surface area contributed by atoms with E-state index in [4.69, 9.17) is 28.4 Å². The Kier molecular flexibility index (Phi) is 15.1. The highest BCUT2D eigenvalue weighted by Crippen LogP contribution is 2.66. The fourth-order valence-corrected chi connectivity index (χ4v) is 15.8. The molecule has 30 nitrogen and oxygen atoms in total. The Labute approximate surface area is 572 Å². The van der Waals surface area contributed by atoms with Gasteiger partial charge in [0.05, 0.1) is 37.8 Å². The molecule has 0 saturated carbocycles. The van der Waals surface area contributed by atoms with E-state index < -0.39 is 233 Å². The van der Waals surface area contributed by atoms with Crippen LogP contribution in [0.1, 0.15) is 145 Å². The summed E-state index contributed by atoms with van der Waals surface area (Å²) in [7, 11) is 0. The van der Waals surface area contributed by atoms with Crippen LogP contribution in [0.5, 0.6) is 155 Å². The summed E-state index contributed by atoms with van der Waals surface area (Å²) in [6.45, 7) is -0.889. The Bertz CT molecular complexity index is 4980. The number of hydrogen-bond donors (Lipinski definition) is 24. The molecule has 0 amide bonds. The lowest BCUT2D eigenvalue weighted by Crippen LogP contribution is -2.37. The van der Waals surface area contributed by atoms with Crippen molar-refractivity contribution in [2.75, 3.05) is 19.8 Å². The average molecular weight is 1410 g/mol. The minimum Gasteiger partial charge on any atom is -0.508 e. The lowest BCUT2D eigenvalue weighted by Gasteiger charge is -2.42. The van der Waals surface area contributed by atoms with Crippen LogP contribution in [0.4, 0.5) is 0 Å². The first-order chi connectivity index (χ1) is 48.5. The summed E-state index contributed by atoms with van der Waals surface area (Å²) >= 11 is 0. The van der Waals surface area contributed by atoms with Gasteiger partial charge in [0.2, 0.25) is 0 Å². The van der Waals surface area contributed by atoms with Crippen molar-refractivity contribution >= 4 is 0 Å². The molecule has 102 heavy (non-hydrogen) atoms. The van der Waals surface area contributed by atoms with Gasteiger partial charge in [0.1, 0.15) is 116 Å². The predicted octanol–water partition coefficient (Wildman–Crippen LogP) is 7.54. The van der Waals surface area contributed by atoms with Crippen LogP contribution < -0.4 is 28.4 Å². The maximum absolute atomic E-state index is 13.1. The van der Waals surface area contributed by atoms with Crippen LogP contribution >= 0.6 is 0 Å². The molecule has 0 saturated heterocycles. The second-order valence-electron chi connectivity index (χ2n) is 25.9. The molecule has 11 atom stereocenters. The Morgan fingerprint density at radius 3 is 0.951 bits per heavy atom. The normalized spacial score (nSPS) is 23.0. The SMILES string of the molecule is Oc1cc(O)c2c(c1)OCC[C@H]2c1c(O)cc(O)c2c1O[C@H](c1cc(O)c(O)c(O)c1)[C@H](O)[C@@H]2c1c(O)cc(O)c2c1OCC[C@H]2c1c(O)cc(O)c2c1O[C@H](c1cc(O)c(O)c(O)c1)[C@H](O)[C@@H]2c1c(O)cc(O)c2c1OCC[C@H]2c1c(O)cc(O)c2c1O[C@H](c1cc(O)c(O)c(O)c1)[C@H](O)C2. The zero-order chi connectivity index (χ0) is 72.4. The summed E-state index contributed by atoms with van der Waals surface area (Å²) in [5.74, 6) is -26.6. The molecule has 0 aliphatic carbocycles. The molecule has 0 aromatic heterocycles. The van der Waals surface area contributed by atoms with Crippen LogP contribution in [0.25, 0.3) is 0 Å². The van der Waals surface area contributed by atoms with Gasteiger partial charge in [-0.15, -0.1) is 0 Å². The molecule has 0 radical (unpaired) electrons. The first kappa shape index (κ1) is 65.4. The van der Waals surface area contributed by atoms with Gasteiger partial charge in [0.25, 0.3) is 0 Å². The molecule has 15 rings (SSSR count). The zero-order valence-electron chi connectivity index (χ0n) is 52.5.